The molecule has 0 aliphatic carbocycles. The number of hydrazine groups is 1. The molecule has 2 heterocycles. The predicted octanol–water partition coefficient (Wildman–Crippen LogP) is 1.01. The summed E-state index contributed by atoms with van der Waals surface area (Å²) < 4.78 is 4.89. The zero-order valence-electron chi connectivity index (χ0n) is 15.8. The molecule has 2 aromatic carbocycles. The second-order valence-corrected chi connectivity index (χ2v) is 7.13. The molecule has 2 unspecified atom stereocenters. The molecule has 0 spiro atoms. The maximum absolute atomic E-state index is 12.8. The Hall–Kier alpha value is -2.52. The van der Waals surface area contributed by atoms with Crippen molar-refractivity contribution in [1.29, 1.82) is 0 Å². The monoisotopic (exact) mass is 383 g/mol. The average molecular weight is 383 g/mol. The molecule has 0 radical (unpaired) electrons. The SMILES string of the molecule is COC(=O)c1cc2ccccc2cc1NC(=O)C1CCC(N2CCNC2)NN1. The number of esters is 1. The average Bonchev–Trinajstić information content (AvgIpc) is 3.27. The Balaban J connectivity index is 1.48. The maximum Gasteiger partial charge on any atom is 0.339 e. The lowest BCUT2D eigenvalue weighted by molar-refractivity contribution is -0.119. The van der Waals surface area contributed by atoms with Crippen molar-refractivity contribution in [2.45, 2.75) is 25.0 Å². The van der Waals surface area contributed by atoms with Gasteiger partial charge in [-0.25, -0.2) is 15.6 Å². The molecule has 4 N–H and O–H groups in total. The number of nitrogens with one attached hydrogen (secondary N) is 4. The van der Waals surface area contributed by atoms with E-state index < -0.39 is 5.97 Å². The van der Waals surface area contributed by atoms with E-state index in [2.05, 4.69) is 26.4 Å². The highest BCUT2D eigenvalue weighted by Crippen LogP contribution is 2.25. The van der Waals surface area contributed by atoms with Crippen LogP contribution in [-0.2, 0) is 9.53 Å². The Morgan fingerprint density at radius 3 is 2.57 bits per heavy atom. The smallest absolute Gasteiger partial charge is 0.339 e. The van der Waals surface area contributed by atoms with E-state index in [1.807, 2.05) is 30.3 Å². The zero-order valence-corrected chi connectivity index (χ0v) is 15.8. The normalized spacial score (nSPS) is 22.9. The van der Waals surface area contributed by atoms with Crippen molar-refractivity contribution in [2.24, 2.45) is 0 Å². The van der Waals surface area contributed by atoms with Crippen molar-refractivity contribution < 1.29 is 14.3 Å². The van der Waals surface area contributed by atoms with Crippen LogP contribution in [-0.4, -0.2) is 55.9 Å². The first-order valence-electron chi connectivity index (χ1n) is 9.53. The van der Waals surface area contributed by atoms with E-state index in [1.165, 1.54) is 7.11 Å². The van der Waals surface area contributed by atoms with Crippen molar-refractivity contribution in [1.82, 2.24) is 21.1 Å². The fourth-order valence-electron chi connectivity index (χ4n) is 3.77. The number of ether oxygens (including phenoxy) is 1. The molecule has 4 rings (SSSR count). The van der Waals surface area contributed by atoms with Gasteiger partial charge in [0.1, 0.15) is 6.04 Å². The number of amides is 1. The minimum Gasteiger partial charge on any atom is -0.465 e. The number of carbonyl (C=O) groups is 2. The standard InChI is InChI=1S/C20H25N5O3/c1-28-20(27)15-10-13-4-2-3-5-14(13)11-17(15)22-19(26)16-6-7-18(24-23-16)25-9-8-21-12-25/h2-5,10-11,16,18,21,23-24H,6-9,12H2,1H3,(H,22,26). The highest BCUT2D eigenvalue weighted by Gasteiger charge is 2.30. The number of hydrogen-bond acceptors (Lipinski definition) is 7. The first-order chi connectivity index (χ1) is 13.7. The number of fused-ring (bicyclic) bond motifs is 1. The van der Waals surface area contributed by atoms with Crippen molar-refractivity contribution in [2.75, 3.05) is 32.2 Å². The number of benzene rings is 2. The highest BCUT2D eigenvalue weighted by atomic mass is 16.5. The number of rotatable bonds is 4. The van der Waals surface area contributed by atoms with Gasteiger partial charge in [0.05, 0.1) is 24.5 Å². The van der Waals surface area contributed by atoms with Gasteiger partial charge in [-0.15, -0.1) is 0 Å². The summed E-state index contributed by atoms with van der Waals surface area (Å²) in [5, 5.41) is 8.08. The van der Waals surface area contributed by atoms with Crippen LogP contribution in [0.4, 0.5) is 5.69 Å². The predicted molar refractivity (Wildman–Crippen MR) is 107 cm³/mol. The summed E-state index contributed by atoms with van der Waals surface area (Å²) in [6.45, 7) is 2.84. The summed E-state index contributed by atoms with van der Waals surface area (Å²) in [5.74, 6) is -0.650. The van der Waals surface area contributed by atoms with E-state index in [0.29, 0.717) is 17.7 Å². The van der Waals surface area contributed by atoms with Crippen LogP contribution >= 0.6 is 0 Å². The van der Waals surface area contributed by atoms with E-state index in [9.17, 15) is 9.59 Å². The first-order valence-corrected chi connectivity index (χ1v) is 9.53. The molecule has 148 valence electrons. The number of nitrogens with zero attached hydrogens (tertiary/aromatic N) is 1. The lowest BCUT2D eigenvalue weighted by Gasteiger charge is -2.35. The molecule has 8 nitrogen and oxygen atoms in total. The Morgan fingerprint density at radius 1 is 1.14 bits per heavy atom. The second kappa shape index (κ2) is 8.24. The molecule has 2 aliphatic heterocycles. The van der Waals surface area contributed by atoms with Gasteiger partial charge >= 0.3 is 5.97 Å². The minimum absolute atomic E-state index is 0.175. The Morgan fingerprint density at radius 2 is 1.93 bits per heavy atom. The fourth-order valence-corrected chi connectivity index (χ4v) is 3.77. The lowest BCUT2D eigenvalue weighted by atomic mass is 10.0. The molecular weight excluding hydrogens is 358 g/mol. The topological polar surface area (TPSA) is 94.7 Å². The van der Waals surface area contributed by atoms with Crippen LogP contribution in [0, 0.1) is 0 Å². The van der Waals surface area contributed by atoms with Gasteiger partial charge in [-0.05, 0) is 35.7 Å². The molecule has 2 atom stereocenters. The second-order valence-electron chi connectivity index (χ2n) is 7.13. The van der Waals surface area contributed by atoms with Gasteiger partial charge in [-0.3, -0.25) is 9.69 Å². The van der Waals surface area contributed by atoms with Gasteiger partial charge in [0.25, 0.3) is 0 Å². The minimum atomic E-state index is -0.475. The lowest BCUT2D eigenvalue weighted by Crippen LogP contribution is -2.60. The highest BCUT2D eigenvalue weighted by molar-refractivity contribution is 6.06. The van der Waals surface area contributed by atoms with Gasteiger partial charge in [-0.1, -0.05) is 24.3 Å². The Labute approximate surface area is 163 Å². The van der Waals surface area contributed by atoms with Gasteiger partial charge in [0, 0.05) is 19.8 Å². The van der Waals surface area contributed by atoms with E-state index in [4.69, 9.17) is 4.74 Å². The first kappa shape index (κ1) is 18.8. The van der Waals surface area contributed by atoms with Crippen LogP contribution < -0.4 is 21.5 Å². The van der Waals surface area contributed by atoms with E-state index in [-0.39, 0.29) is 18.1 Å². The molecule has 2 fully saturated rings. The van der Waals surface area contributed by atoms with Crippen LogP contribution in [0.1, 0.15) is 23.2 Å². The summed E-state index contributed by atoms with van der Waals surface area (Å²) in [6, 6.07) is 10.9. The van der Waals surface area contributed by atoms with Crippen LogP contribution in [0.2, 0.25) is 0 Å². The van der Waals surface area contributed by atoms with Crippen LogP contribution in [0.15, 0.2) is 36.4 Å². The quantitative estimate of drug-likeness (QED) is 0.586. The number of carbonyl (C=O) groups excluding carboxylic acids is 2. The number of hydrogen-bond donors (Lipinski definition) is 4. The van der Waals surface area contributed by atoms with Crippen molar-refractivity contribution in [3.63, 3.8) is 0 Å². The molecule has 0 bridgehead atoms. The number of methoxy groups -OCH3 is 1. The summed E-state index contributed by atoms with van der Waals surface area (Å²) in [6.07, 6.45) is 1.79. The molecule has 1 amide bonds. The third-order valence-electron chi connectivity index (χ3n) is 5.35. The summed E-state index contributed by atoms with van der Waals surface area (Å²) in [5.41, 5.74) is 7.17. The zero-order chi connectivity index (χ0) is 19.5. The van der Waals surface area contributed by atoms with Crippen LogP contribution in [0.5, 0.6) is 0 Å². The van der Waals surface area contributed by atoms with Crippen LogP contribution in [0.3, 0.4) is 0 Å². The van der Waals surface area contributed by atoms with Gasteiger partial charge in [0.15, 0.2) is 0 Å². The summed E-state index contributed by atoms with van der Waals surface area (Å²) in [4.78, 5) is 27.3. The molecule has 8 heteroatoms. The van der Waals surface area contributed by atoms with Gasteiger partial charge in [-0.2, -0.15) is 0 Å². The maximum atomic E-state index is 12.8. The summed E-state index contributed by atoms with van der Waals surface area (Å²) >= 11 is 0. The molecule has 0 saturated carbocycles. The molecule has 2 aromatic rings. The third-order valence-corrected chi connectivity index (χ3v) is 5.35. The van der Waals surface area contributed by atoms with Gasteiger partial charge < -0.3 is 15.4 Å². The van der Waals surface area contributed by atoms with E-state index >= 15 is 0 Å². The molecule has 2 saturated heterocycles. The molecular formula is C20H25N5O3. The Kier molecular flexibility index (Phi) is 5.54. The van der Waals surface area contributed by atoms with Crippen molar-refractivity contribution >= 4 is 28.3 Å². The van der Waals surface area contributed by atoms with Gasteiger partial charge in [0.2, 0.25) is 5.91 Å². The fraction of sp³-hybridized carbons (Fsp3) is 0.400. The summed E-state index contributed by atoms with van der Waals surface area (Å²) in [7, 11) is 1.34. The molecule has 2 aliphatic rings. The van der Waals surface area contributed by atoms with Crippen LogP contribution in [0.25, 0.3) is 10.8 Å². The molecule has 0 aromatic heterocycles. The van der Waals surface area contributed by atoms with E-state index in [0.717, 1.165) is 37.0 Å². The van der Waals surface area contributed by atoms with E-state index in [1.54, 1.807) is 6.07 Å². The third kappa shape index (κ3) is 3.85. The number of anilines is 1. The van der Waals surface area contributed by atoms with Crippen molar-refractivity contribution in [3.8, 4) is 0 Å². The van der Waals surface area contributed by atoms with Crippen molar-refractivity contribution in [3.05, 3.63) is 42.0 Å². The Bertz CT molecular complexity index is 873. The largest absolute Gasteiger partial charge is 0.465 e. The molecule has 28 heavy (non-hydrogen) atoms.